The molecular formula is C23H28N8O2. The highest BCUT2D eigenvalue weighted by Crippen LogP contribution is 2.30. The SMILES string of the molecule is CCOc1ccccc1Nc1cc(Nc2ccc(N3CCN(C)CC3)nn2)ncc1C(N)=O. The molecule has 10 nitrogen and oxygen atoms in total. The maximum atomic E-state index is 12.0. The molecular weight excluding hydrogens is 420 g/mol. The van der Waals surface area contributed by atoms with E-state index in [4.69, 9.17) is 10.5 Å². The Kier molecular flexibility index (Phi) is 6.84. The van der Waals surface area contributed by atoms with Crippen LogP contribution in [0.5, 0.6) is 5.75 Å². The third-order valence-corrected chi connectivity index (χ3v) is 5.36. The molecule has 0 bridgehead atoms. The van der Waals surface area contributed by atoms with Crippen LogP contribution in [0.3, 0.4) is 0 Å². The zero-order valence-corrected chi connectivity index (χ0v) is 18.8. The number of piperazine rings is 1. The maximum absolute atomic E-state index is 12.0. The number of rotatable bonds is 8. The van der Waals surface area contributed by atoms with Gasteiger partial charge in [-0.2, -0.15) is 0 Å². The molecule has 4 rings (SSSR count). The maximum Gasteiger partial charge on any atom is 0.252 e. The van der Waals surface area contributed by atoms with Crippen molar-refractivity contribution in [2.24, 2.45) is 5.73 Å². The van der Waals surface area contributed by atoms with Crippen molar-refractivity contribution in [1.82, 2.24) is 20.1 Å². The Morgan fingerprint density at radius 1 is 1.03 bits per heavy atom. The molecule has 10 heteroatoms. The average Bonchev–Trinajstić information content (AvgIpc) is 2.82. The molecule has 1 aliphatic rings. The molecule has 1 fully saturated rings. The summed E-state index contributed by atoms with van der Waals surface area (Å²) in [5, 5.41) is 15.0. The van der Waals surface area contributed by atoms with Crippen LogP contribution < -0.4 is 26.0 Å². The molecule has 0 aliphatic carbocycles. The zero-order valence-electron chi connectivity index (χ0n) is 18.8. The van der Waals surface area contributed by atoms with Crippen LogP contribution in [0.2, 0.25) is 0 Å². The predicted octanol–water partition coefficient (Wildman–Crippen LogP) is 2.61. The number of aromatic nitrogens is 3. The van der Waals surface area contributed by atoms with Gasteiger partial charge in [-0.3, -0.25) is 4.79 Å². The molecule has 0 saturated carbocycles. The summed E-state index contributed by atoms with van der Waals surface area (Å²) in [6.45, 7) is 6.28. The van der Waals surface area contributed by atoms with Crippen LogP contribution in [0.15, 0.2) is 48.7 Å². The predicted molar refractivity (Wildman–Crippen MR) is 129 cm³/mol. The number of primary amides is 1. The number of carbonyl (C=O) groups is 1. The van der Waals surface area contributed by atoms with E-state index in [1.165, 1.54) is 6.20 Å². The minimum absolute atomic E-state index is 0.267. The van der Waals surface area contributed by atoms with Crippen molar-refractivity contribution >= 4 is 34.7 Å². The molecule has 2 aromatic heterocycles. The summed E-state index contributed by atoms with van der Waals surface area (Å²) in [5.74, 6) is 1.99. The van der Waals surface area contributed by atoms with Gasteiger partial charge in [0.2, 0.25) is 0 Å². The van der Waals surface area contributed by atoms with Crippen molar-refractivity contribution in [2.45, 2.75) is 6.92 Å². The molecule has 1 aromatic carbocycles. The standard InChI is InChI=1S/C23H28N8O2/c1-3-33-19-7-5-4-6-17(19)26-18-14-21(25-15-16(18)23(24)32)27-20-8-9-22(29-28-20)31-12-10-30(2)11-13-31/h4-9,14-15H,3,10-13H2,1-2H3,(H2,24,32)(H2,25,26,27,28). The highest BCUT2D eigenvalue weighted by molar-refractivity contribution is 5.99. The van der Waals surface area contributed by atoms with Gasteiger partial charge in [0.25, 0.3) is 5.91 Å². The third-order valence-electron chi connectivity index (χ3n) is 5.36. The van der Waals surface area contributed by atoms with E-state index in [1.54, 1.807) is 6.07 Å². The Morgan fingerprint density at radius 3 is 2.52 bits per heavy atom. The Hall–Kier alpha value is -3.92. The van der Waals surface area contributed by atoms with Crippen molar-refractivity contribution in [1.29, 1.82) is 0 Å². The van der Waals surface area contributed by atoms with Crippen LogP contribution in [-0.2, 0) is 0 Å². The fourth-order valence-corrected chi connectivity index (χ4v) is 3.55. The summed E-state index contributed by atoms with van der Waals surface area (Å²) in [6, 6.07) is 13.0. The molecule has 0 radical (unpaired) electrons. The normalized spacial score (nSPS) is 14.1. The van der Waals surface area contributed by atoms with Crippen molar-refractivity contribution in [3.8, 4) is 5.75 Å². The van der Waals surface area contributed by atoms with Crippen LogP contribution in [-0.4, -0.2) is 65.8 Å². The molecule has 1 saturated heterocycles. The van der Waals surface area contributed by atoms with E-state index in [2.05, 4.69) is 42.7 Å². The second-order valence-electron chi connectivity index (χ2n) is 7.73. The first-order valence-corrected chi connectivity index (χ1v) is 10.9. The lowest BCUT2D eigenvalue weighted by Crippen LogP contribution is -2.44. The van der Waals surface area contributed by atoms with Gasteiger partial charge in [-0.1, -0.05) is 12.1 Å². The third kappa shape index (κ3) is 5.47. The summed E-state index contributed by atoms with van der Waals surface area (Å²) >= 11 is 0. The van der Waals surface area contributed by atoms with E-state index in [-0.39, 0.29) is 5.56 Å². The highest BCUT2D eigenvalue weighted by atomic mass is 16.5. The van der Waals surface area contributed by atoms with Gasteiger partial charge in [-0.25, -0.2) is 4.98 Å². The van der Waals surface area contributed by atoms with Crippen LogP contribution >= 0.6 is 0 Å². The molecule has 3 heterocycles. The lowest BCUT2D eigenvalue weighted by atomic mass is 10.2. The van der Waals surface area contributed by atoms with E-state index in [1.807, 2.05) is 43.3 Å². The fourth-order valence-electron chi connectivity index (χ4n) is 3.55. The second kappa shape index (κ2) is 10.1. The monoisotopic (exact) mass is 448 g/mol. The molecule has 33 heavy (non-hydrogen) atoms. The van der Waals surface area contributed by atoms with Gasteiger partial charge in [0, 0.05) is 38.4 Å². The largest absolute Gasteiger partial charge is 0.492 e. The summed E-state index contributed by atoms with van der Waals surface area (Å²) in [6.07, 6.45) is 1.43. The average molecular weight is 449 g/mol. The number of hydrogen-bond acceptors (Lipinski definition) is 9. The number of nitrogens with zero attached hydrogens (tertiary/aromatic N) is 5. The minimum atomic E-state index is -0.582. The lowest BCUT2D eigenvalue weighted by molar-refractivity contribution is 0.100. The molecule has 0 spiro atoms. The number of benzene rings is 1. The minimum Gasteiger partial charge on any atom is -0.492 e. The second-order valence-corrected chi connectivity index (χ2v) is 7.73. The number of nitrogens with two attached hydrogens (primary N) is 1. The van der Waals surface area contributed by atoms with E-state index >= 15 is 0 Å². The van der Waals surface area contributed by atoms with Crippen LogP contribution in [0.1, 0.15) is 17.3 Å². The van der Waals surface area contributed by atoms with Crippen molar-refractivity contribution in [3.05, 3.63) is 54.2 Å². The topological polar surface area (TPSA) is 122 Å². The number of pyridine rings is 1. The number of carbonyl (C=O) groups excluding carboxylic acids is 1. The smallest absolute Gasteiger partial charge is 0.252 e. The van der Waals surface area contributed by atoms with Gasteiger partial charge >= 0.3 is 0 Å². The summed E-state index contributed by atoms with van der Waals surface area (Å²) in [4.78, 5) is 20.8. The highest BCUT2D eigenvalue weighted by Gasteiger charge is 2.16. The molecule has 172 valence electrons. The Balaban J connectivity index is 1.52. The Labute approximate surface area is 192 Å². The van der Waals surface area contributed by atoms with Gasteiger partial charge in [-0.05, 0) is 38.2 Å². The molecule has 3 aromatic rings. The van der Waals surface area contributed by atoms with Gasteiger partial charge in [0.15, 0.2) is 11.6 Å². The van der Waals surface area contributed by atoms with E-state index in [9.17, 15) is 4.79 Å². The summed E-state index contributed by atoms with van der Waals surface area (Å²) < 4.78 is 5.67. The van der Waals surface area contributed by atoms with Crippen molar-refractivity contribution in [2.75, 3.05) is 55.4 Å². The molecule has 0 atom stereocenters. The molecule has 0 unspecified atom stereocenters. The lowest BCUT2D eigenvalue weighted by Gasteiger charge is -2.32. The Morgan fingerprint density at radius 2 is 1.82 bits per heavy atom. The molecule has 1 aliphatic heterocycles. The fraction of sp³-hybridized carbons (Fsp3) is 0.304. The van der Waals surface area contributed by atoms with E-state index in [0.29, 0.717) is 29.7 Å². The number of anilines is 5. The van der Waals surface area contributed by atoms with Crippen molar-refractivity contribution in [3.63, 3.8) is 0 Å². The summed E-state index contributed by atoms with van der Waals surface area (Å²) in [7, 11) is 2.12. The first kappa shape index (κ1) is 22.3. The number of nitrogens with one attached hydrogen (secondary N) is 2. The van der Waals surface area contributed by atoms with E-state index in [0.717, 1.165) is 37.7 Å². The first-order chi connectivity index (χ1) is 16.0. The van der Waals surface area contributed by atoms with E-state index < -0.39 is 5.91 Å². The molecule has 4 N–H and O–H groups in total. The van der Waals surface area contributed by atoms with Crippen LogP contribution in [0, 0.1) is 0 Å². The number of likely N-dealkylation sites (N-methyl/N-ethyl adjacent to an activating group) is 1. The zero-order chi connectivity index (χ0) is 23.2. The number of ether oxygens (including phenoxy) is 1. The number of amides is 1. The summed E-state index contributed by atoms with van der Waals surface area (Å²) in [5.41, 5.74) is 7.06. The quantitative estimate of drug-likeness (QED) is 0.477. The van der Waals surface area contributed by atoms with Gasteiger partial charge in [0.1, 0.15) is 11.6 Å². The number of hydrogen-bond donors (Lipinski definition) is 3. The Bertz CT molecular complexity index is 1100. The number of para-hydroxylation sites is 2. The van der Waals surface area contributed by atoms with Gasteiger partial charge in [-0.15, -0.1) is 10.2 Å². The van der Waals surface area contributed by atoms with Gasteiger partial charge in [0.05, 0.1) is 23.5 Å². The van der Waals surface area contributed by atoms with Crippen LogP contribution in [0.4, 0.5) is 28.8 Å². The van der Waals surface area contributed by atoms with Crippen molar-refractivity contribution < 1.29 is 9.53 Å². The van der Waals surface area contributed by atoms with Crippen LogP contribution in [0.25, 0.3) is 0 Å². The first-order valence-electron chi connectivity index (χ1n) is 10.9. The molecule has 1 amide bonds. The van der Waals surface area contributed by atoms with Gasteiger partial charge < -0.3 is 30.9 Å².